The van der Waals surface area contributed by atoms with Crippen molar-refractivity contribution in [1.82, 2.24) is 19.9 Å². The number of carbonyl (C=O) groups is 1. The van der Waals surface area contributed by atoms with E-state index in [1.165, 1.54) is 10.1 Å². The number of aromatic nitrogens is 3. The van der Waals surface area contributed by atoms with E-state index in [2.05, 4.69) is 27.4 Å². The fourth-order valence-electron chi connectivity index (χ4n) is 4.42. The molecular weight excluding hydrogens is 412 g/mol. The summed E-state index contributed by atoms with van der Waals surface area (Å²) in [5.74, 6) is 0.449. The minimum Gasteiger partial charge on any atom is -0.497 e. The minimum absolute atomic E-state index is 0.0463. The molecule has 0 spiro atoms. The van der Waals surface area contributed by atoms with Crippen LogP contribution >= 0.6 is 12.2 Å². The van der Waals surface area contributed by atoms with Crippen LogP contribution in [0.4, 0.5) is 0 Å². The lowest BCUT2D eigenvalue weighted by molar-refractivity contribution is -0.122. The maximum atomic E-state index is 13.1. The molecule has 7 nitrogen and oxygen atoms in total. The van der Waals surface area contributed by atoms with Crippen molar-refractivity contribution >= 4 is 40.1 Å². The number of aryl methyl sites for hydroxylation is 1. The summed E-state index contributed by atoms with van der Waals surface area (Å²) in [5, 5.41) is 3.90. The van der Waals surface area contributed by atoms with Crippen LogP contribution in [0.15, 0.2) is 47.3 Å². The van der Waals surface area contributed by atoms with E-state index in [1.807, 2.05) is 30.3 Å². The molecule has 2 aromatic heterocycles. The number of H-pyrrole nitrogens is 2. The predicted molar refractivity (Wildman–Crippen MR) is 122 cm³/mol. The third-order valence-electron chi connectivity index (χ3n) is 5.95. The van der Waals surface area contributed by atoms with Crippen LogP contribution in [0.5, 0.6) is 5.75 Å². The van der Waals surface area contributed by atoms with E-state index < -0.39 is 0 Å². The quantitative estimate of drug-likeness (QED) is 0.427. The highest BCUT2D eigenvalue weighted by Crippen LogP contribution is 2.29. The average Bonchev–Trinajstić information content (AvgIpc) is 3.14. The molecule has 0 fully saturated rings. The second-order valence-corrected chi connectivity index (χ2v) is 8.21. The number of amides is 1. The molecule has 1 atom stereocenters. The molecule has 4 aromatic rings. The fraction of sp³-hybridized carbons (Fsp3) is 0.261. The van der Waals surface area contributed by atoms with E-state index >= 15 is 0 Å². The number of nitrogens with one attached hydrogen (secondary N) is 3. The zero-order valence-electron chi connectivity index (χ0n) is 17.0. The van der Waals surface area contributed by atoms with Gasteiger partial charge in [-0.15, -0.1) is 0 Å². The molecular formula is C23H22N4O3S. The van der Waals surface area contributed by atoms with Crippen molar-refractivity contribution in [1.29, 1.82) is 0 Å². The fourth-order valence-corrected chi connectivity index (χ4v) is 4.67. The van der Waals surface area contributed by atoms with Gasteiger partial charge in [-0.05, 0) is 60.8 Å². The average molecular weight is 435 g/mol. The summed E-state index contributed by atoms with van der Waals surface area (Å²) >= 11 is 5.43. The minimum atomic E-state index is -0.326. The van der Waals surface area contributed by atoms with E-state index in [0.29, 0.717) is 16.8 Å². The van der Waals surface area contributed by atoms with Crippen molar-refractivity contribution in [3.05, 3.63) is 68.7 Å². The van der Waals surface area contributed by atoms with E-state index in [-0.39, 0.29) is 28.8 Å². The topological polar surface area (TPSA) is 91.9 Å². The van der Waals surface area contributed by atoms with Gasteiger partial charge in [-0.2, -0.15) is 0 Å². The molecule has 8 heteroatoms. The van der Waals surface area contributed by atoms with Gasteiger partial charge in [-0.1, -0.05) is 24.3 Å². The summed E-state index contributed by atoms with van der Waals surface area (Å²) in [6.07, 6.45) is 2.93. The molecule has 2 aromatic carbocycles. The third kappa shape index (κ3) is 3.42. The standard InChI is InChI=1S/C23H22N4O3S/c1-30-14-9-10-18-16(11-14)20-21(25-18)22(29)27(23(31)26-20)12-19(28)24-17-8-4-6-13-5-2-3-7-15(13)17/h2-3,5,7,9-11,17,25H,4,6,8,12H2,1H3,(H,24,28)(H,26,31)/t17-/m1/s1. The number of benzene rings is 2. The van der Waals surface area contributed by atoms with E-state index in [1.54, 1.807) is 7.11 Å². The lowest BCUT2D eigenvalue weighted by Crippen LogP contribution is -2.36. The zero-order valence-corrected chi connectivity index (χ0v) is 17.8. The first-order valence-corrected chi connectivity index (χ1v) is 10.7. The number of hydrogen-bond acceptors (Lipinski definition) is 4. The van der Waals surface area contributed by atoms with E-state index in [4.69, 9.17) is 17.0 Å². The lowest BCUT2D eigenvalue weighted by atomic mass is 9.88. The highest BCUT2D eigenvalue weighted by Gasteiger charge is 2.22. The van der Waals surface area contributed by atoms with Gasteiger partial charge in [0.25, 0.3) is 5.56 Å². The molecule has 0 saturated heterocycles. The smallest absolute Gasteiger partial charge is 0.279 e. The molecule has 3 N–H and O–H groups in total. The van der Waals surface area contributed by atoms with Gasteiger partial charge in [0.2, 0.25) is 5.91 Å². The molecule has 0 unspecified atom stereocenters. The van der Waals surface area contributed by atoms with Gasteiger partial charge < -0.3 is 20.0 Å². The van der Waals surface area contributed by atoms with Crippen molar-refractivity contribution in [3.63, 3.8) is 0 Å². The predicted octanol–water partition coefficient (Wildman–Crippen LogP) is 3.74. The number of ether oxygens (including phenoxy) is 1. The summed E-state index contributed by atoms with van der Waals surface area (Å²) in [4.78, 5) is 32.2. The molecule has 0 saturated carbocycles. The number of carbonyl (C=O) groups excluding carboxylic acids is 1. The SMILES string of the molecule is COc1ccc2[nH]c3c(=O)n(CC(=O)N[C@@H]4CCCc5ccccc54)c(=S)[nH]c3c2c1. The molecule has 158 valence electrons. The van der Waals surface area contributed by atoms with Gasteiger partial charge in [0.05, 0.1) is 18.7 Å². The van der Waals surface area contributed by atoms with Crippen LogP contribution in [0, 0.1) is 4.77 Å². The Labute approximate surface area is 183 Å². The van der Waals surface area contributed by atoms with Gasteiger partial charge in [-0.25, -0.2) is 0 Å². The van der Waals surface area contributed by atoms with Gasteiger partial charge in [0, 0.05) is 10.9 Å². The molecule has 5 rings (SSSR count). The first-order valence-electron chi connectivity index (χ1n) is 10.2. The first-order chi connectivity index (χ1) is 15.0. The van der Waals surface area contributed by atoms with Crippen molar-refractivity contribution in [2.24, 2.45) is 0 Å². The lowest BCUT2D eigenvalue weighted by Gasteiger charge is -2.26. The summed E-state index contributed by atoms with van der Waals surface area (Å²) in [5.41, 5.74) is 3.88. The van der Waals surface area contributed by atoms with E-state index in [0.717, 1.165) is 35.7 Å². The molecule has 1 amide bonds. The van der Waals surface area contributed by atoms with Gasteiger partial charge in [0.1, 0.15) is 17.8 Å². The Hall–Kier alpha value is -3.39. The van der Waals surface area contributed by atoms with Crippen LogP contribution in [0.1, 0.15) is 30.0 Å². The summed E-state index contributed by atoms with van der Waals surface area (Å²) in [7, 11) is 1.59. The second kappa shape index (κ2) is 7.70. The zero-order chi connectivity index (χ0) is 21.5. The third-order valence-corrected chi connectivity index (χ3v) is 6.27. The Morgan fingerprint density at radius 1 is 1.23 bits per heavy atom. The molecule has 1 aliphatic rings. The van der Waals surface area contributed by atoms with E-state index in [9.17, 15) is 9.59 Å². The van der Waals surface area contributed by atoms with Gasteiger partial charge >= 0.3 is 0 Å². The highest BCUT2D eigenvalue weighted by molar-refractivity contribution is 7.71. The maximum absolute atomic E-state index is 13.1. The normalized spacial score (nSPS) is 15.7. The summed E-state index contributed by atoms with van der Waals surface area (Å²) in [6.45, 7) is -0.137. The monoisotopic (exact) mass is 434 g/mol. The number of methoxy groups -OCH3 is 1. The maximum Gasteiger partial charge on any atom is 0.279 e. The van der Waals surface area contributed by atoms with Crippen molar-refractivity contribution in [2.45, 2.75) is 31.8 Å². The molecule has 31 heavy (non-hydrogen) atoms. The Bertz CT molecular complexity index is 1430. The van der Waals surface area contributed by atoms with Gasteiger partial charge in [-0.3, -0.25) is 14.2 Å². The Morgan fingerprint density at radius 3 is 2.90 bits per heavy atom. The number of fused-ring (bicyclic) bond motifs is 4. The molecule has 1 aliphatic carbocycles. The molecule has 0 bridgehead atoms. The van der Waals surface area contributed by atoms with Crippen LogP contribution in [-0.4, -0.2) is 27.6 Å². The number of aromatic amines is 2. The summed E-state index contributed by atoms with van der Waals surface area (Å²) in [6, 6.07) is 13.6. The number of nitrogens with zero attached hydrogens (tertiary/aromatic N) is 1. The van der Waals surface area contributed by atoms with Gasteiger partial charge in [0.15, 0.2) is 4.77 Å². The molecule has 0 aliphatic heterocycles. The van der Waals surface area contributed by atoms with Crippen molar-refractivity contribution in [2.75, 3.05) is 7.11 Å². The van der Waals surface area contributed by atoms with Crippen LogP contribution in [0.3, 0.4) is 0 Å². The highest BCUT2D eigenvalue weighted by atomic mass is 32.1. The van der Waals surface area contributed by atoms with Crippen LogP contribution in [0.2, 0.25) is 0 Å². The Balaban J connectivity index is 1.47. The van der Waals surface area contributed by atoms with Crippen LogP contribution in [0.25, 0.3) is 21.9 Å². The second-order valence-electron chi connectivity index (χ2n) is 7.82. The number of hydrogen-bond donors (Lipinski definition) is 3. The summed E-state index contributed by atoms with van der Waals surface area (Å²) < 4.78 is 6.79. The Kier molecular flexibility index (Phi) is 4.86. The van der Waals surface area contributed by atoms with Crippen LogP contribution in [-0.2, 0) is 17.8 Å². The van der Waals surface area contributed by atoms with Crippen molar-refractivity contribution in [3.8, 4) is 5.75 Å². The first kappa shape index (κ1) is 19.6. The largest absolute Gasteiger partial charge is 0.497 e. The molecule has 0 radical (unpaired) electrons. The van der Waals surface area contributed by atoms with Crippen LogP contribution < -0.4 is 15.6 Å². The Morgan fingerprint density at radius 2 is 2.06 bits per heavy atom. The van der Waals surface area contributed by atoms with Crippen molar-refractivity contribution < 1.29 is 9.53 Å². The number of rotatable bonds is 4. The molecule has 2 heterocycles.